The predicted molar refractivity (Wildman–Crippen MR) is 63.0 cm³/mol. The van der Waals surface area contributed by atoms with Crippen LogP contribution in [0.25, 0.3) is 0 Å². The van der Waals surface area contributed by atoms with Gasteiger partial charge in [0.05, 0.1) is 0 Å². The van der Waals surface area contributed by atoms with Crippen LogP contribution in [0, 0.1) is 6.92 Å². The molecule has 0 bridgehead atoms. The first-order valence-electron chi connectivity index (χ1n) is 4.98. The first-order chi connectivity index (χ1) is 6.27. The van der Waals surface area contributed by atoms with Crippen molar-refractivity contribution in [2.75, 3.05) is 0 Å². The molecule has 2 unspecified atom stereocenters. The molecule has 2 rings (SSSR count). The molecule has 1 saturated carbocycles. The molecular formula is C11H15BrS. The largest absolute Gasteiger partial charge is 0.145 e. The molecule has 72 valence electrons. The fourth-order valence-electron chi connectivity index (χ4n) is 2.06. The standard InChI is InChI=1S/C11H15BrS/c1-8-6-7-11(13-8)9-4-2-3-5-10(9)12/h6-7,9-10H,2-5H2,1H3. The number of rotatable bonds is 1. The highest BCUT2D eigenvalue weighted by molar-refractivity contribution is 9.09. The second-order valence-electron chi connectivity index (χ2n) is 3.86. The van der Waals surface area contributed by atoms with E-state index in [2.05, 4.69) is 35.0 Å². The SMILES string of the molecule is Cc1ccc(C2CCCCC2Br)s1. The monoisotopic (exact) mass is 258 g/mol. The van der Waals surface area contributed by atoms with Crippen LogP contribution in [-0.4, -0.2) is 4.83 Å². The summed E-state index contributed by atoms with van der Waals surface area (Å²) in [6.45, 7) is 2.19. The van der Waals surface area contributed by atoms with Gasteiger partial charge in [-0.05, 0) is 31.9 Å². The molecule has 1 heterocycles. The van der Waals surface area contributed by atoms with Crippen LogP contribution in [-0.2, 0) is 0 Å². The molecule has 13 heavy (non-hydrogen) atoms. The van der Waals surface area contributed by atoms with Gasteiger partial charge in [0, 0.05) is 20.5 Å². The molecule has 0 aliphatic heterocycles. The molecule has 0 N–H and O–H groups in total. The van der Waals surface area contributed by atoms with Crippen LogP contribution in [0.5, 0.6) is 0 Å². The maximum Gasteiger partial charge on any atom is 0.0222 e. The van der Waals surface area contributed by atoms with Crippen LogP contribution in [0.4, 0.5) is 0 Å². The lowest BCUT2D eigenvalue weighted by atomic mass is 9.88. The van der Waals surface area contributed by atoms with Gasteiger partial charge in [0.1, 0.15) is 0 Å². The number of aryl methyl sites for hydroxylation is 1. The molecule has 0 spiro atoms. The molecule has 0 aromatic carbocycles. The molecule has 0 amide bonds. The van der Waals surface area contributed by atoms with Gasteiger partial charge in [0.2, 0.25) is 0 Å². The zero-order valence-corrected chi connectivity index (χ0v) is 10.3. The zero-order valence-electron chi connectivity index (χ0n) is 7.92. The Morgan fingerprint density at radius 1 is 1.31 bits per heavy atom. The van der Waals surface area contributed by atoms with E-state index in [0.717, 1.165) is 10.7 Å². The number of thiophene rings is 1. The normalized spacial score (nSPS) is 29.1. The second-order valence-corrected chi connectivity index (χ2v) is 6.35. The second kappa shape index (κ2) is 4.14. The molecule has 0 nitrogen and oxygen atoms in total. The van der Waals surface area contributed by atoms with Gasteiger partial charge in [-0.1, -0.05) is 28.8 Å². The summed E-state index contributed by atoms with van der Waals surface area (Å²) in [6, 6.07) is 4.55. The topological polar surface area (TPSA) is 0 Å². The summed E-state index contributed by atoms with van der Waals surface area (Å²) in [4.78, 5) is 3.75. The third-order valence-corrected chi connectivity index (χ3v) is 5.04. The predicted octanol–water partition coefficient (Wildman–Crippen LogP) is 4.48. The summed E-state index contributed by atoms with van der Waals surface area (Å²) in [6.07, 6.45) is 5.53. The van der Waals surface area contributed by atoms with E-state index >= 15 is 0 Å². The van der Waals surface area contributed by atoms with Crippen molar-refractivity contribution in [3.8, 4) is 0 Å². The van der Waals surface area contributed by atoms with Crippen LogP contribution in [0.1, 0.15) is 41.4 Å². The van der Waals surface area contributed by atoms with Gasteiger partial charge >= 0.3 is 0 Å². The summed E-state index contributed by atoms with van der Waals surface area (Å²) in [5, 5.41) is 0. The number of alkyl halides is 1. The Morgan fingerprint density at radius 3 is 2.69 bits per heavy atom. The lowest BCUT2D eigenvalue weighted by Gasteiger charge is -2.26. The van der Waals surface area contributed by atoms with Crippen molar-refractivity contribution in [2.24, 2.45) is 0 Å². The number of halogens is 1. The first-order valence-corrected chi connectivity index (χ1v) is 6.71. The van der Waals surface area contributed by atoms with Gasteiger partial charge in [0.15, 0.2) is 0 Å². The summed E-state index contributed by atoms with van der Waals surface area (Å²) >= 11 is 5.78. The third-order valence-electron chi connectivity index (χ3n) is 2.81. The zero-order chi connectivity index (χ0) is 9.26. The minimum atomic E-state index is 0.722. The average molecular weight is 259 g/mol. The van der Waals surface area contributed by atoms with Crippen LogP contribution in [0.15, 0.2) is 12.1 Å². The van der Waals surface area contributed by atoms with E-state index in [-0.39, 0.29) is 0 Å². The molecule has 1 aromatic heterocycles. The molecule has 1 fully saturated rings. The smallest absolute Gasteiger partial charge is 0.0222 e. The van der Waals surface area contributed by atoms with Crippen molar-refractivity contribution in [3.05, 3.63) is 21.9 Å². The van der Waals surface area contributed by atoms with E-state index < -0.39 is 0 Å². The fraction of sp³-hybridized carbons (Fsp3) is 0.636. The number of hydrogen-bond acceptors (Lipinski definition) is 1. The van der Waals surface area contributed by atoms with E-state index in [1.807, 2.05) is 11.3 Å². The van der Waals surface area contributed by atoms with Crippen LogP contribution in [0.3, 0.4) is 0 Å². The minimum Gasteiger partial charge on any atom is -0.145 e. The van der Waals surface area contributed by atoms with Gasteiger partial charge in [-0.3, -0.25) is 0 Å². The van der Waals surface area contributed by atoms with Gasteiger partial charge in [-0.25, -0.2) is 0 Å². The van der Waals surface area contributed by atoms with Gasteiger partial charge in [0.25, 0.3) is 0 Å². The molecule has 1 aliphatic rings. The van der Waals surface area contributed by atoms with Crippen LogP contribution < -0.4 is 0 Å². The van der Waals surface area contributed by atoms with Crippen molar-refractivity contribution in [3.63, 3.8) is 0 Å². The van der Waals surface area contributed by atoms with Crippen LogP contribution >= 0.6 is 27.3 Å². The van der Waals surface area contributed by atoms with Gasteiger partial charge < -0.3 is 0 Å². The molecule has 2 atom stereocenters. The van der Waals surface area contributed by atoms with Gasteiger partial charge in [-0.2, -0.15) is 0 Å². The van der Waals surface area contributed by atoms with E-state index in [1.165, 1.54) is 30.6 Å². The fourth-order valence-corrected chi connectivity index (χ4v) is 4.18. The quantitative estimate of drug-likeness (QED) is 0.652. The third kappa shape index (κ3) is 2.16. The Labute approximate surface area is 92.5 Å². The van der Waals surface area contributed by atoms with Gasteiger partial charge in [-0.15, -0.1) is 11.3 Å². The Kier molecular flexibility index (Phi) is 3.10. The maximum atomic E-state index is 3.81. The summed E-state index contributed by atoms with van der Waals surface area (Å²) in [7, 11) is 0. The van der Waals surface area contributed by atoms with E-state index in [1.54, 1.807) is 4.88 Å². The first kappa shape index (κ1) is 9.72. The summed E-state index contributed by atoms with van der Waals surface area (Å²) in [5.74, 6) is 0.785. The van der Waals surface area contributed by atoms with Crippen LogP contribution in [0.2, 0.25) is 0 Å². The van der Waals surface area contributed by atoms with E-state index in [0.29, 0.717) is 0 Å². The average Bonchev–Trinajstić information content (AvgIpc) is 2.53. The molecule has 1 aliphatic carbocycles. The van der Waals surface area contributed by atoms with E-state index in [9.17, 15) is 0 Å². The van der Waals surface area contributed by atoms with Crippen molar-refractivity contribution in [1.29, 1.82) is 0 Å². The molecule has 0 radical (unpaired) electrons. The maximum absolute atomic E-state index is 3.81. The summed E-state index contributed by atoms with van der Waals surface area (Å²) < 4.78 is 0. The van der Waals surface area contributed by atoms with Crippen molar-refractivity contribution >= 4 is 27.3 Å². The molecular weight excluding hydrogens is 244 g/mol. The Bertz CT molecular complexity index is 279. The lowest BCUT2D eigenvalue weighted by molar-refractivity contribution is 0.466. The highest BCUT2D eigenvalue weighted by atomic mass is 79.9. The number of hydrogen-bond donors (Lipinski definition) is 0. The highest BCUT2D eigenvalue weighted by Crippen LogP contribution is 2.39. The minimum absolute atomic E-state index is 0.722. The molecule has 2 heteroatoms. The Morgan fingerprint density at radius 2 is 2.08 bits per heavy atom. The highest BCUT2D eigenvalue weighted by Gasteiger charge is 2.24. The molecule has 1 aromatic rings. The lowest BCUT2D eigenvalue weighted by Crippen LogP contribution is -2.15. The van der Waals surface area contributed by atoms with Crippen molar-refractivity contribution in [1.82, 2.24) is 0 Å². The van der Waals surface area contributed by atoms with Crippen molar-refractivity contribution in [2.45, 2.75) is 43.4 Å². The Hall–Kier alpha value is 0.180. The van der Waals surface area contributed by atoms with Crippen molar-refractivity contribution < 1.29 is 0 Å². The summed E-state index contributed by atoms with van der Waals surface area (Å²) in [5.41, 5.74) is 0. The molecule has 0 saturated heterocycles. The Balaban J connectivity index is 2.14. The van der Waals surface area contributed by atoms with E-state index in [4.69, 9.17) is 0 Å².